The van der Waals surface area contributed by atoms with E-state index in [0.29, 0.717) is 5.57 Å². The molecule has 2 aliphatic rings. The van der Waals surface area contributed by atoms with Crippen LogP contribution in [0.5, 0.6) is 0 Å². The molecule has 1 fully saturated rings. The molecule has 0 bridgehead atoms. The average molecular weight is 549 g/mol. The number of carbonyl (C=O) groups is 4. The zero-order valence-corrected chi connectivity index (χ0v) is 20.7. The second kappa shape index (κ2) is 10.9. The fraction of sp³-hybridized carbons (Fsp3) is 0.300. The van der Waals surface area contributed by atoms with Crippen LogP contribution in [-0.2, 0) is 25.8 Å². The number of carbonyl (C=O) groups excluding carboxylic acids is 4. The number of carboxylic acids is 1. The second-order valence-electron chi connectivity index (χ2n) is 7.61. The molecule has 3 amide bonds. The summed E-state index contributed by atoms with van der Waals surface area (Å²) in [5.41, 5.74) is 7.17. The molecule has 0 saturated carbocycles. The van der Waals surface area contributed by atoms with Crippen LogP contribution in [-0.4, -0.2) is 72.6 Å². The highest BCUT2D eigenvalue weighted by atomic mass is 32.2. The second-order valence-corrected chi connectivity index (χ2v) is 9.50. The van der Waals surface area contributed by atoms with Crippen molar-refractivity contribution in [1.29, 1.82) is 0 Å². The van der Waals surface area contributed by atoms with E-state index in [1.165, 1.54) is 41.8 Å². The van der Waals surface area contributed by atoms with E-state index >= 15 is 0 Å². The lowest BCUT2D eigenvalue weighted by Gasteiger charge is -2.50. The van der Waals surface area contributed by atoms with Crippen molar-refractivity contribution in [2.45, 2.75) is 24.9 Å². The van der Waals surface area contributed by atoms with Gasteiger partial charge in [0.15, 0.2) is 24.1 Å². The number of amides is 3. The van der Waals surface area contributed by atoms with Crippen LogP contribution in [0.3, 0.4) is 0 Å². The van der Waals surface area contributed by atoms with Crippen molar-refractivity contribution in [3.05, 3.63) is 47.2 Å². The molecule has 5 N–H and O–H groups in total. The molecule has 17 heteroatoms. The summed E-state index contributed by atoms with van der Waals surface area (Å²) in [4.78, 5) is 59.3. The number of hydrogen-bond donors (Lipinski definition) is 4. The summed E-state index contributed by atoms with van der Waals surface area (Å²) in [6.45, 7) is 1.94. The highest BCUT2D eigenvalue weighted by Crippen LogP contribution is 2.40. The number of fused-ring (bicyclic) bond motifs is 1. The minimum absolute atomic E-state index is 0.0644. The first-order chi connectivity index (χ1) is 17.7. The molecule has 0 radical (unpaired) electrons. The van der Waals surface area contributed by atoms with Gasteiger partial charge in [0.05, 0.1) is 17.2 Å². The molecule has 2 aromatic heterocycles. The fourth-order valence-corrected chi connectivity index (χ4v) is 5.42. The first kappa shape index (κ1) is 26.0. The summed E-state index contributed by atoms with van der Waals surface area (Å²) >= 11 is 2.13. The van der Waals surface area contributed by atoms with Gasteiger partial charge in [-0.1, -0.05) is 5.16 Å². The summed E-state index contributed by atoms with van der Waals surface area (Å²) in [5, 5.41) is 26.4. The quantitative estimate of drug-likeness (QED) is 0.0835. The average Bonchev–Trinajstić information content (AvgIpc) is 3.32. The number of β-lactam (4-membered cyclic amide) rings is 1. The minimum atomic E-state index is -1.53. The number of nitrogens with two attached hydrogens (primary N) is 1. The summed E-state index contributed by atoms with van der Waals surface area (Å²) in [6, 6.07) is 1.85. The standard InChI is InChI=1S/C20H20N8O7S2/c1-2-35-25-11(14-23-20(21)37-26-14)16(30)22-12-17(31)28-13(19(32)33)10(8-36-18(12)28)7-27-5-3-9(4-6-27)15(29)24-34/h3-6,12,18H,2,7-8H2,1H3,(H5-,21,22,23,24,25,26,29,30,32,33,34)/t12?,18-/m0/s1. The third-order valence-electron chi connectivity index (χ3n) is 5.31. The zero-order chi connectivity index (χ0) is 26.7. The number of aliphatic carboxylic acids is 1. The molecule has 0 spiro atoms. The van der Waals surface area contributed by atoms with Gasteiger partial charge in [0, 0.05) is 35.0 Å². The third kappa shape index (κ3) is 5.23. The molecule has 194 valence electrons. The molecular formula is C20H20N8O7S2. The summed E-state index contributed by atoms with van der Waals surface area (Å²) in [7, 11) is 0. The van der Waals surface area contributed by atoms with Crippen molar-refractivity contribution < 1.29 is 38.9 Å². The number of thioether (sulfide) groups is 1. The summed E-state index contributed by atoms with van der Waals surface area (Å²) in [6.07, 6.45) is 3.06. The van der Waals surface area contributed by atoms with Gasteiger partial charge in [-0.25, -0.2) is 10.0 Å². The molecule has 2 aromatic rings. The predicted molar refractivity (Wildman–Crippen MR) is 125 cm³/mol. The Kier molecular flexibility index (Phi) is 7.65. The normalized spacial score (nSPS) is 19.1. The van der Waals surface area contributed by atoms with E-state index in [4.69, 9.17) is 15.8 Å². The van der Waals surface area contributed by atoms with Crippen molar-refractivity contribution in [3.63, 3.8) is 0 Å². The number of hydrogen-bond acceptors (Lipinski definition) is 13. The number of anilines is 1. The summed E-state index contributed by atoms with van der Waals surface area (Å²) in [5.74, 6) is -3.47. The Morgan fingerprint density at radius 3 is 2.70 bits per heavy atom. The molecule has 2 aliphatic heterocycles. The monoisotopic (exact) mass is 548 g/mol. The van der Waals surface area contributed by atoms with Crippen LogP contribution in [0.4, 0.5) is 5.13 Å². The Morgan fingerprint density at radius 1 is 1.38 bits per heavy atom. The van der Waals surface area contributed by atoms with Crippen molar-refractivity contribution in [2.75, 3.05) is 18.1 Å². The number of nitrogens with one attached hydrogen (secondary N) is 2. The largest absolute Gasteiger partial charge is 0.543 e. The number of aromatic nitrogens is 3. The van der Waals surface area contributed by atoms with Crippen molar-refractivity contribution in [1.82, 2.24) is 25.1 Å². The van der Waals surface area contributed by atoms with E-state index in [-0.39, 0.29) is 46.8 Å². The van der Waals surface area contributed by atoms with Gasteiger partial charge in [-0.2, -0.15) is 9.36 Å². The van der Waals surface area contributed by atoms with Gasteiger partial charge in [0.25, 0.3) is 17.7 Å². The van der Waals surface area contributed by atoms with E-state index in [2.05, 4.69) is 19.8 Å². The number of nitrogen functional groups attached to an aromatic ring is 1. The van der Waals surface area contributed by atoms with Crippen LogP contribution in [0.1, 0.15) is 23.1 Å². The van der Waals surface area contributed by atoms with Crippen LogP contribution >= 0.6 is 23.3 Å². The molecule has 0 aromatic carbocycles. The Labute approximate surface area is 217 Å². The van der Waals surface area contributed by atoms with Crippen LogP contribution in [0.2, 0.25) is 0 Å². The van der Waals surface area contributed by atoms with Gasteiger partial charge in [-0.15, -0.1) is 11.8 Å². The Bertz CT molecular complexity index is 1310. The first-order valence-corrected chi connectivity index (χ1v) is 12.5. The molecule has 4 rings (SSSR count). The Balaban J connectivity index is 1.51. The number of nitrogens with zero attached hydrogens (tertiary/aromatic N) is 5. The number of carboxylic acid groups (broad SMARTS) is 1. The fourth-order valence-electron chi connectivity index (χ4n) is 3.65. The molecule has 2 atom stereocenters. The molecule has 1 saturated heterocycles. The van der Waals surface area contributed by atoms with Gasteiger partial charge in [0.2, 0.25) is 11.5 Å². The van der Waals surface area contributed by atoms with Crippen LogP contribution in [0, 0.1) is 0 Å². The van der Waals surface area contributed by atoms with E-state index in [1.54, 1.807) is 11.5 Å². The van der Waals surface area contributed by atoms with E-state index in [1.807, 2.05) is 0 Å². The zero-order valence-electron chi connectivity index (χ0n) is 19.1. The van der Waals surface area contributed by atoms with Gasteiger partial charge in [0.1, 0.15) is 18.0 Å². The predicted octanol–water partition coefficient (Wildman–Crippen LogP) is -2.63. The smallest absolute Gasteiger partial charge is 0.278 e. The van der Waals surface area contributed by atoms with E-state index < -0.39 is 35.1 Å². The Hall–Kier alpha value is -4.09. The van der Waals surface area contributed by atoms with Gasteiger partial charge in [-0.05, 0) is 6.92 Å². The lowest BCUT2D eigenvalue weighted by atomic mass is 10.0. The maximum atomic E-state index is 13.0. The van der Waals surface area contributed by atoms with Gasteiger partial charge < -0.3 is 25.8 Å². The number of oxime groups is 1. The number of pyridine rings is 1. The highest BCUT2D eigenvalue weighted by Gasteiger charge is 2.53. The molecule has 0 aliphatic carbocycles. The van der Waals surface area contributed by atoms with Crippen LogP contribution < -0.4 is 26.2 Å². The van der Waals surface area contributed by atoms with Crippen LogP contribution in [0.25, 0.3) is 0 Å². The lowest BCUT2D eigenvalue weighted by molar-refractivity contribution is -0.689. The first-order valence-electron chi connectivity index (χ1n) is 10.7. The maximum absolute atomic E-state index is 13.0. The van der Waals surface area contributed by atoms with Crippen molar-refractivity contribution >= 4 is 57.8 Å². The van der Waals surface area contributed by atoms with E-state index in [9.17, 15) is 24.3 Å². The topological polar surface area (TPSA) is 216 Å². The minimum Gasteiger partial charge on any atom is -0.543 e. The highest BCUT2D eigenvalue weighted by molar-refractivity contribution is 8.00. The van der Waals surface area contributed by atoms with Crippen molar-refractivity contribution in [2.24, 2.45) is 5.16 Å². The van der Waals surface area contributed by atoms with Crippen LogP contribution in [0.15, 0.2) is 41.0 Å². The number of rotatable bonds is 9. The van der Waals surface area contributed by atoms with Crippen molar-refractivity contribution in [3.8, 4) is 0 Å². The van der Waals surface area contributed by atoms with Gasteiger partial charge in [-0.3, -0.25) is 24.5 Å². The molecular weight excluding hydrogens is 528 g/mol. The SMILES string of the molecule is CCON=C(C(=O)NC1C(=O)N2C(C(=O)[O-])=C(C[n+]3ccc(C(=O)NO)cc3)CS[C@@H]12)c1nsc(N)n1. The summed E-state index contributed by atoms with van der Waals surface area (Å²) < 4.78 is 5.56. The molecule has 37 heavy (non-hydrogen) atoms. The molecule has 1 unspecified atom stereocenters. The van der Waals surface area contributed by atoms with Gasteiger partial charge >= 0.3 is 0 Å². The third-order valence-corrected chi connectivity index (χ3v) is 7.19. The van der Waals surface area contributed by atoms with E-state index in [0.717, 1.165) is 16.4 Å². The molecule has 4 heterocycles. The molecule has 15 nitrogen and oxygen atoms in total. The Morgan fingerprint density at radius 2 is 2.11 bits per heavy atom. The lowest BCUT2D eigenvalue weighted by Crippen LogP contribution is -2.71. The maximum Gasteiger partial charge on any atom is 0.278 e. The number of hydroxylamine groups is 1.